The molecule has 1 amide bonds. The lowest BCUT2D eigenvalue weighted by molar-refractivity contribution is -0.115. The van der Waals surface area contributed by atoms with Gasteiger partial charge >= 0.3 is 0 Å². The molecule has 30 heavy (non-hydrogen) atoms. The summed E-state index contributed by atoms with van der Waals surface area (Å²) in [5, 5.41) is 0.518. The minimum absolute atomic E-state index is 0.0613. The van der Waals surface area contributed by atoms with Crippen LogP contribution in [-0.2, 0) is 4.79 Å². The first kappa shape index (κ1) is 20.4. The lowest BCUT2D eigenvalue weighted by atomic mass is 10.1. The van der Waals surface area contributed by atoms with Crippen LogP contribution in [0.2, 0.25) is 5.02 Å². The zero-order valence-corrected chi connectivity index (χ0v) is 18.1. The number of hydrogen-bond donors (Lipinski definition) is 0. The average molecular weight is 442 g/mol. The van der Waals surface area contributed by atoms with Crippen LogP contribution >= 0.6 is 23.4 Å². The fourth-order valence-corrected chi connectivity index (χ4v) is 4.56. The molecule has 0 aliphatic carbocycles. The highest BCUT2D eigenvalue weighted by Crippen LogP contribution is 2.44. The molecule has 0 saturated carbocycles. The van der Waals surface area contributed by atoms with Crippen LogP contribution in [0.3, 0.4) is 0 Å². The lowest BCUT2D eigenvalue weighted by Gasteiger charge is -2.25. The number of halogens is 1. The third-order valence-electron chi connectivity index (χ3n) is 4.72. The number of carbonyl (C=O) groups excluding carboxylic acids is 1. The standard InChI is InChI=1S/C23H20ClNO4S/c1-27-20-12-3-15(13-21(20)28-2)23-25(22(26)14-30-23)17-6-10-19(11-7-17)29-18-8-4-16(24)5-9-18/h3-13,23H,14H2,1-2H3. The van der Waals surface area contributed by atoms with Crippen LogP contribution in [0.15, 0.2) is 66.7 Å². The lowest BCUT2D eigenvalue weighted by Crippen LogP contribution is -2.27. The van der Waals surface area contributed by atoms with E-state index in [1.807, 2.05) is 54.6 Å². The highest BCUT2D eigenvalue weighted by molar-refractivity contribution is 8.00. The van der Waals surface area contributed by atoms with Gasteiger partial charge in [-0.3, -0.25) is 9.69 Å². The molecule has 0 bridgehead atoms. The van der Waals surface area contributed by atoms with E-state index in [-0.39, 0.29) is 11.3 Å². The largest absolute Gasteiger partial charge is 0.493 e. The van der Waals surface area contributed by atoms with Crippen LogP contribution in [0.4, 0.5) is 5.69 Å². The van der Waals surface area contributed by atoms with E-state index < -0.39 is 0 Å². The van der Waals surface area contributed by atoms with E-state index in [9.17, 15) is 4.79 Å². The predicted molar refractivity (Wildman–Crippen MR) is 120 cm³/mol. The van der Waals surface area contributed by atoms with Gasteiger partial charge in [-0.25, -0.2) is 0 Å². The molecular weight excluding hydrogens is 422 g/mol. The van der Waals surface area contributed by atoms with Gasteiger partial charge in [0.15, 0.2) is 11.5 Å². The van der Waals surface area contributed by atoms with Gasteiger partial charge in [-0.05, 0) is 66.2 Å². The van der Waals surface area contributed by atoms with Gasteiger partial charge in [-0.2, -0.15) is 0 Å². The van der Waals surface area contributed by atoms with Gasteiger partial charge in [0.2, 0.25) is 5.91 Å². The Hall–Kier alpha value is -2.83. The van der Waals surface area contributed by atoms with E-state index in [0.29, 0.717) is 33.8 Å². The van der Waals surface area contributed by atoms with Crippen molar-refractivity contribution in [2.75, 3.05) is 24.9 Å². The van der Waals surface area contributed by atoms with E-state index in [1.54, 1.807) is 43.0 Å². The Morgan fingerprint density at radius 2 is 1.53 bits per heavy atom. The number of ether oxygens (including phenoxy) is 3. The summed E-state index contributed by atoms with van der Waals surface area (Å²) < 4.78 is 16.6. The van der Waals surface area contributed by atoms with Crippen LogP contribution in [0.1, 0.15) is 10.9 Å². The molecule has 3 aromatic carbocycles. The molecule has 1 heterocycles. The van der Waals surface area contributed by atoms with Crippen LogP contribution in [0.5, 0.6) is 23.0 Å². The van der Waals surface area contributed by atoms with Crippen molar-refractivity contribution in [3.05, 3.63) is 77.3 Å². The van der Waals surface area contributed by atoms with Gasteiger partial charge in [0.25, 0.3) is 0 Å². The minimum Gasteiger partial charge on any atom is -0.493 e. The Morgan fingerprint density at radius 1 is 0.900 bits per heavy atom. The van der Waals surface area contributed by atoms with E-state index in [1.165, 1.54) is 0 Å². The molecule has 0 N–H and O–H groups in total. The molecule has 1 aliphatic heterocycles. The molecule has 1 aliphatic rings. The van der Waals surface area contributed by atoms with Crippen LogP contribution in [0, 0.1) is 0 Å². The SMILES string of the molecule is COc1ccc(C2SCC(=O)N2c2ccc(Oc3ccc(Cl)cc3)cc2)cc1OC. The molecule has 4 rings (SSSR count). The summed E-state index contributed by atoms with van der Waals surface area (Å²) in [4.78, 5) is 14.5. The highest BCUT2D eigenvalue weighted by Gasteiger charge is 2.34. The van der Waals surface area contributed by atoms with Crippen molar-refractivity contribution in [3.63, 3.8) is 0 Å². The second kappa shape index (κ2) is 8.90. The molecule has 0 radical (unpaired) electrons. The minimum atomic E-state index is -0.139. The molecule has 3 aromatic rings. The molecule has 5 nitrogen and oxygen atoms in total. The summed E-state index contributed by atoms with van der Waals surface area (Å²) in [6.45, 7) is 0. The number of carbonyl (C=O) groups is 1. The first-order valence-electron chi connectivity index (χ1n) is 9.28. The molecular formula is C23H20ClNO4S. The fourth-order valence-electron chi connectivity index (χ4n) is 3.27. The van der Waals surface area contributed by atoms with E-state index >= 15 is 0 Å². The van der Waals surface area contributed by atoms with Crippen molar-refractivity contribution in [1.82, 2.24) is 0 Å². The van der Waals surface area contributed by atoms with Crippen LogP contribution < -0.4 is 19.1 Å². The van der Waals surface area contributed by atoms with Gasteiger partial charge in [0, 0.05) is 10.7 Å². The Bertz CT molecular complexity index is 1040. The zero-order chi connectivity index (χ0) is 21.1. The number of rotatable bonds is 6. The van der Waals surface area contributed by atoms with E-state index in [4.69, 9.17) is 25.8 Å². The molecule has 154 valence electrons. The first-order valence-corrected chi connectivity index (χ1v) is 10.7. The number of amides is 1. The Morgan fingerprint density at radius 3 is 2.17 bits per heavy atom. The molecule has 1 saturated heterocycles. The topological polar surface area (TPSA) is 48.0 Å². The monoisotopic (exact) mass is 441 g/mol. The third-order valence-corrected chi connectivity index (χ3v) is 6.19. The molecule has 1 atom stereocenters. The summed E-state index contributed by atoms with van der Waals surface area (Å²) in [6, 6.07) is 20.4. The first-order chi connectivity index (χ1) is 14.6. The number of nitrogens with zero attached hydrogens (tertiary/aromatic N) is 1. The maximum Gasteiger partial charge on any atom is 0.238 e. The van der Waals surface area contributed by atoms with Crippen molar-refractivity contribution >= 4 is 35.0 Å². The highest BCUT2D eigenvalue weighted by atomic mass is 35.5. The second-order valence-electron chi connectivity index (χ2n) is 6.59. The predicted octanol–water partition coefficient (Wildman–Crippen LogP) is 5.93. The van der Waals surface area contributed by atoms with Crippen LogP contribution in [0.25, 0.3) is 0 Å². The van der Waals surface area contributed by atoms with Gasteiger partial charge in [0.1, 0.15) is 16.9 Å². The molecule has 0 spiro atoms. The molecule has 1 fully saturated rings. The summed E-state index contributed by atoms with van der Waals surface area (Å²) in [5.41, 5.74) is 1.79. The summed E-state index contributed by atoms with van der Waals surface area (Å²) in [6.07, 6.45) is 0. The second-order valence-corrected chi connectivity index (χ2v) is 8.10. The number of thioether (sulfide) groups is 1. The summed E-state index contributed by atoms with van der Waals surface area (Å²) in [7, 11) is 3.21. The fraction of sp³-hybridized carbons (Fsp3) is 0.174. The van der Waals surface area contributed by atoms with Crippen LogP contribution in [-0.4, -0.2) is 25.9 Å². The van der Waals surface area contributed by atoms with Gasteiger partial charge in [0.05, 0.1) is 20.0 Å². The maximum absolute atomic E-state index is 12.6. The normalized spacial score (nSPS) is 15.9. The van der Waals surface area contributed by atoms with E-state index in [2.05, 4.69) is 0 Å². The van der Waals surface area contributed by atoms with Crippen molar-refractivity contribution in [2.45, 2.75) is 5.37 Å². The maximum atomic E-state index is 12.6. The number of hydrogen-bond acceptors (Lipinski definition) is 5. The number of benzene rings is 3. The van der Waals surface area contributed by atoms with Crippen molar-refractivity contribution in [3.8, 4) is 23.0 Å². The van der Waals surface area contributed by atoms with Gasteiger partial charge < -0.3 is 14.2 Å². The molecule has 7 heteroatoms. The molecule has 1 unspecified atom stereocenters. The average Bonchev–Trinajstić information content (AvgIpc) is 3.16. The van der Waals surface area contributed by atoms with Crippen molar-refractivity contribution < 1.29 is 19.0 Å². The Kier molecular flexibility index (Phi) is 6.06. The Labute approximate surface area is 184 Å². The smallest absolute Gasteiger partial charge is 0.238 e. The van der Waals surface area contributed by atoms with Crippen molar-refractivity contribution in [1.29, 1.82) is 0 Å². The number of methoxy groups -OCH3 is 2. The molecule has 0 aromatic heterocycles. The Balaban J connectivity index is 1.57. The summed E-state index contributed by atoms with van der Waals surface area (Å²) >= 11 is 7.50. The van der Waals surface area contributed by atoms with E-state index in [0.717, 1.165) is 11.3 Å². The quantitative estimate of drug-likeness (QED) is 0.474. The van der Waals surface area contributed by atoms with Crippen molar-refractivity contribution in [2.24, 2.45) is 0 Å². The summed E-state index contributed by atoms with van der Waals surface area (Å²) in [5.74, 6) is 3.16. The third kappa shape index (κ3) is 4.20. The van der Waals surface area contributed by atoms with Gasteiger partial charge in [-0.1, -0.05) is 17.7 Å². The van der Waals surface area contributed by atoms with Gasteiger partial charge in [-0.15, -0.1) is 11.8 Å². The zero-order valence-electron chi connectivity index (χ0n) is 16.5. The number of anilines is 1.